The third-order valence-electron chi connectivity index (χ3n) is 1.70. The van der Waals surface area contributed by atoms with Gasteiger partial charge in [-0.05, 0) is 6.42 Å². The average molecular weight is 148 g/mol. The summed E-state index contributed by atoms with van der Waals surface area (Å²) >= 11 is 0. The Balaban J connectivity index is 2.42. The SMILES string of the molecule is OC[C@H]1OCCC(O)[C@@H]1O. The van der Waals surface area contributed by atoms with Gasteiger partial charge in [0, 0.05) is 6.61 Å². The van der Waals surface area contributed by atoms with E-state index in [0.29, 0.717) is 13.0 Å². The quantitative estimate of drug-likeness (QED) is 0.423. The van der Waals surface area contributed by atoms with E-state index < -0.39 is 18.3 Å². The topological polar surface area (TPSA) is 69.9 Å². The summed E-state index contributed by atoms with van der Waals surface area (Å²) < 4.78 is 4.95. The smallest absolute Gasteiger partial charge is 0.109 e. The Morgan fingerprint density at radius 3 is 2.60 bits per heavy atom. The van der Waals surface area contributed by atoms with Gasteiger partial charge >= 0.3 is 0 Å². The minimum Gasteiger partial charge on any atom is -0.394 e. The lowest BCUT2D eigenvalue weighted by molar-refractivity contribution is -0.147. The monoisotopic (exact) mass is 148 g/mol. The van der Waals surface area contributed by atoms with Gasteiger partial charge in [-0.1, -0.05) is 0 Å². The first-order valence-corrected chi connectivity index (χ1v) is 3.34. The van der Waals surface area contributed by atoms with Crippen LogP contribution in [0.5, 0.6) is 0 Å². The zero-order valence-corrected chi connectivity index (χ0v) is 5.60. The zero-order valence-electron chi connectivity index (χ0n) is 5.60. The van der Waals surface area contributed by atoms with Crippen LogP contribution in [0.2, 0.25) is 0 Å². The van der Waals surface area contributed by atoms with Crippen molar-refractivity contribution in [3.8, 4) is 0 Å². The third kappa shape index (κ3) is 1.46. The van der Waals surface area contributed by atoms with Gasteiger partial charge in [-0.2, -0.15) is 0 Å². The fourth-order valence-electron chi connectivity index (χ4n) is 1.02. The molecule has 0 saturated carbocycles. The summed E-state index contributed by atoms with van der Waals surface area (Å²) in [6.45, 7) is 0.168. The maximum Gasteiger partial charge on any atom is 0.109 e. The van der Waals surface area contributed by atoms with Crippen LogP contribution in [-0.4, -0.2) is 46.8 Å². The van der Waals surface area contributed by atoms with E-state index in [4.69, 9.17) is 20.1 Å². The Morgan fingerprint density at radius 2 is 2.10 bits per heavy atom. The van der Waals surface area contributed by atoms with E-state index in [9.17, 15) is 0 Å². The van der Waals surface area contributed by atoms with Crippen molar-refractivity contribution in [2.24, 2.45) is 0 Å². The summed E-state index contributed by atoms with van der Waals surface area (Å²) in [5.74, 6) is 0. The number of hydrogen-bond acceptors (Lipinski definition) is 4. The van der Waals surface area contributed by atoms with Gasteiger partial charge < -0.3 is 20.1 Å². The molecule has 1 aliphatic heterocycles. The molecule has 60 valence electrons. The predicted octanol–water partition coefficient (Wildman–Crippen LogP) is -1.51. The van der Waals surface area contributed by atoms with Crippen molar-refractivity contribution in [2.45, 2.75) is 24.7 Å². The molecule has 1 heterocycles. The molecule has 0 bridgehead atoms. The van der Waals surface area contributed by atoms with Crippen LogP contribution in [0, 0.1) is 0 Å². The van der Waals surface area contributed by atoms with Crippen LogP contribution >= 0.6 is 0 Å². The lowest BCUT2D eigenvalue weighted by Gasteiger charge is -2.30. The second-order valence-corrected chi connectivity index (χ2v) is 2.44. The molecule has 0 aromatic heterocycles. The fourth-order valence-corrected chi connectivity index (χ4v) is 1.02. The van der Waals surface area contributed by atoms with Crippen LogP contribution in [0.4, 0.5) is 0 Å². The highest BCUT2D eigenvalue weighted by Crippen LogP contribution is 2.13. The number of hydrogen-bond donors (Lipinski definition) is 3. The van der Waals surface area contributed by atoms with Crippen LogP contribution in [0.1, 0.15) is 6.42 Å². The zero-order chi connectivity index (χ0) is 7.56. The van der Waals surface area contributed by atoms with Gasteiger partial charge in [0.15, 0.2) is 0 Å². The highest BCUT2D eigenvalue weighted by Gasteiger charge is 2.30. The minimum atomic E-state index is -0.932. The molecular formula is C6H12O4. The first-order chi connectivity index (χ1) is 4.75. The molecule has 0 aromatic carbocycles. The van der Waals surface area contributed by atoms with E-state index in [-0.39, 0.29) is 6.61 Å². The molecule has 10 heavy (non-hydrogen) atoms. The Bertz CT molecular complexity index is 106. The van der Waals surface area contributed by atoms with Crippen molar-refractivity contribution < 1.29 is 20.1 Å². The summed E-state index contributed by atoms with van der Waals surface area (Å²) in [7, 11) is 0. The Labute approximate surface area is 59.1 Å². The first-order valence-electron chi connectivity index (χ1n) is 3.34. The molecule has 4 nitrogen and oxygen atoms in total. The van der Waals surface area contributed by atoms with Gasteiger partial charge in [-0.25, -0.2) is 0 Å². The second kappa shape index (κ2) is 3.30. The Morgan fingerprint density at radius 1 is 1.40 bits per heavy atom. The van der Waals surface area contributed by atoms with Crippen molar-refractivity contribution in [2.75, 3.05) is 13.2 Å². The van der Waals surface area contributed by atoms with E-state index in [1.807, 2.05) is 0 Å². The fraction of sp³-hybridized carbons (Fsp3) is 1.00. The molecule has 1 saturated heterocycles. The summed E-state index contributed by atoms with van der Waals surface area (Å²) in [5.41, 5.74) is 0. The summed E-state index contributed by atoms with van der Waals surface area (Å²) in [5, 5.41) is 26.7. The number of aliphatic hydroxyl groups is 3. The first kappa shape index (κ1) is 7.94. The Kier molecular flexibility index (Phi) is 2.62. The van der Waals surface area contributed by atoms with Crippen LogP contribution in [0.25, 0.3) is 0 Å². The van der Waals surface area contributed by atoms with Crippen LogP contribution < -0.4 is 0 Å². The van der Waals surface area contributed by atoms with Crippen molar-refractivity contribution in [3.05, 3.63) is 0 Å². The molecule has 0 aliphatic carbocycles. The van der Waals surface area contributed by atoms with Gasteiger partial charge in [0.1, 0.15) is 12.2 Å². The molecule has 0 amide bonds. The molecule has 3 atom stereocenters. The van der Waals surface area contributed by atoms with Crippen LogP contribution in [0.15, 0.2) is 0 Å². The Hall–Kier alpha value is -0.160. The molecule has 1 unspecified atom stereocenters. The number of rotatable bonds is 1. The lowest BCUT2D eigenvalue weighted by Crippen LogP contribution is -2.46. The third-order valence-corrected chi connectivity index (χ3v) is 1.70. The highest BCUT2D eigenvalue weighted by atomic mass is 16.5. The van der Waals surface area contributed by atoms with E-state index in [1.165, 1.54) is 0 Å². The molecule has 4 heteroatoms. The lowest BCUT2D eigenvalue weighted by atomic mass is 10.0. The highest BCUT2D eigenvalue weighted by molar-refractivity contribution is 4.79. The van der Waals surface area contributed by atoms with Gasteiger partial charge in [-0.3, -0.25) is 0 Å². The molecule has 1 aliphatic rings. The van der Waals surface area contributed by atoms with Crippen molar-refractivity contribution in [1.29, 1.82) is 0 Å². The van der Waals surface area contributed by atoms with Crippen molar-refractivity contribution >= 4 is 0 Å². The van der Waals surface area contributed by atoms with Gasteiger partial charge in [0.05, 0.1) is 12.7 Å². The molecule has 3 N–H and O–H groups in total. The average Bonchev–Trinajstić information content (AvgIpc) is 1.95. The predicted molar refractivity (Wildman–Crippen MR) is 33.5 cm³/mol. The molecular weight excluding hydrogens is 136 g/mol. The summed E-state index contributed by atoms with van der Waals surface area (Å²) in [6.07, 6.45) is -1.84. The van der Waals surface area contributed by atoms with Gasteiger partial charge in [-0.15, -0.1) is 0 Å². The molecule has 1 fully saturated rings. The maximum absolute atomic E-state index is 9.10. The van der Waals surface area contributed by atoms with Crippen molar-refractivity contribution in [3.63, 3.8) is 0 Å². The molecule has 0 aromatic rings. The second-order valence-electron chi connectivity index (χ2n) is 2.44. The normalized spacial score (nSPS) is 41.7. The van der Waals surface area contributed by atoms with E-state index in [0.717, 1.165) is 0 Å². The summed E-state index contributed by atoms with van der Waals surface area (Å²) in [6, 6.07) is 0. The van der Waals surface area contributed by atoms with Crippen molar-refractivity contribution in [1.82, 2.24) is 0 Å². The molecule has 0 spiro atoms. The largest absolute Gasteiger partial charge is 0.394 e. The van der Waals surface area contributed by atoms with E-state index in [2.05, 4.69) is 0 Å². The van der Waals surface area contributed by atoms with Gasteiger partial charge in [0.2, 0.25) is 0 Å². The maximum atomic E-state index is 9.10. The minimum absolute atomic E-state index is 0.238. The number of ether oxygens (including phenoxy) is 1. The number of aliphatic hydroxyl groups excluding tert-OH is 3. The van der Waals surface area contributed by atoms with Crippen LogP contribution in [0.3, 0.4) is 0 Å². The van der Waals surface area contributed by atoms with Crippen LogP contribution in [-0.2, 0) is 4.74 Å². The molecule has 0 radical (unpaired) electrons. The standard InChI is InChI=1S/C6H12O4/c7-3-5-6(9)4(8)1-2-10-5/h4-9H,1-3H2/t4?,5-,6+/m1/s1. The summed E-state index contributed by atoms with van der Waals surface area (Å²) in [4.78, 5) is 0. The molecule has 1 rings (SSSR count). The van der Waals surface area contributed by atoms with E-state index >= 15 is 0 Å². The van der Waals surface area contributed by atoms with E-state index in [1.54, 1.807) is 0 Å². The van der Waals surface area contributed by atoms with Gasteiger partial charge in [0.25, 0.3) is 0 Å².